The number of nitrogens with zero attached hydrogens (tertiary/aromatic N) is 3. The summed E-state index contributed by atoms with van der Waals surface area (Å²) in [7, 11) is 3.67. The third-order valence-corrected chi connectivity index (χ3v) is 7.65. The summed E-state index contributed by atoms with van der Waals surface area (Å²) in [4.78, 5) is 15.8. The van der Waals surface area contributed by atoms with Crippen molar-refractivity contribution in [3.63, 3.8) is 0 Å². The predicted molar refractivity (Wildman–Crippen MR) is 142 cm³/mol. The summed E-state index contributed by atoms with van der Waals surface area (Å²) in [6.07, 6.45) is 4.91. The molecule has 1 saturated heterocycles. The van der Waals surface area contributed by atoms with Crippen molar-refractivity contribution < 1.29 is 0 Å². The molecule has 6 nitrogen and oxygen atoms in total. The number of nitrogens with one attached hydrogen (secondary N) is 2. The maximum Gasteiger partial charge on any atom is 0.328 e. The van der Waals surface area contributed by atoms with Gasteiger partial charge in [-0.25, -0.2) is 4.79 Å². The molecule has 0 unspecified atom stereocenters. The highest BCUT2D eigenvalue weighted by Gasteiger charge is 2.12. The van der Waals surface area contributed by atoms with Gasteiger partial charge >= 0.3 is 5.69 Å². The Morgan fingerprint density at radius 2 is 1.70 bits per heavy atom. The average Bonchev–Trinajstić information content (AvgIpc) is 3.05. The van der Waals surface area contributed by atoms with Gasteiger partial charge in [-0.05, 0) is 67.5 Å². The van der Waals surface area contributed by atoms with Crippen molar-refractivity contribution in [2.45, 2.75) is 37.5 Å². The summed E-state index contributed by atoms with van der Waals surface area (Å²) < 4.78 is 3.44. The normalized spacial score (nSPS) is 14.2. The molecule has 178 valence electrons. The third kappa shape index (κ3) is 5.76. The van der Waals surface area contributed by atoms with Crippen LogP contribution in [0, 0.1) is 6.92 Å². The zero-order valence-electron chi connectivity index (χ0n) is 20.2. The lowest BCUT2D eigenvalue weighted by Crippen LogP contribution is -2.43. The Balaban J connectivity index is 1.13. The summed E-state index contributed by atoms with van der Waals surface area (Å²) in [6.45, 7) is 7.56. The molecule has 1 fully saturated rings. The van der Waals surface area contributed by atoms with E-state index in [0.717, 1.165) is 49.5 Å². The number of hydrogen-bond donors (Lipinski definition) is 2. The number of piperazine rings is 1. The van der Waals surface area contributed by atoms with Crippen LogP contribution in [0.4, 0.5) is 11.4 Å². The summed E-state index contributed by atoms with van der Waals surface area (Å²) in [5.41, 5.74) is 5.99. The van der Waals surface area contributed by atoms with Crippen LogP contribution in [0.3, 0.4) is 0 Å². The predicted octanol–water partition coefficient (Wildman–Crippen LogP) is 4.36. The lowest BCUT2D eigenvalue weighted by molar-refractivity contribution is 0.588. The highest BCUT2D eigenvalue weighted by molar-refractivity contribution is 7.99. The van der Waals surface area contributed by atoms with Crippen LogP contribution in [0.15, 0.2) is 46.1 Å². The van der Waals surface area contributed by atoms with E-state index < -0.39 is 0 Å². The number of aromatic nitrogens is 2. The number of aryl methyl sites for hydroxylation is 3. The van der Waals surface area contributed by atoms with Crippen LogP contribution in [-0.4, -0.2) is 47.6 Å². The highest BCUT2D eigenvalue weighted by atomic mass is 32.2. The minimum atomic E-state index is 0.0337. The second-order valence-corrected chi connectivity index (χ2v) is 10.1. The number of anilines is 2. The Bertz CT molecular complexity index is 1130. The highest BCUT2D eigenvalue weighted by Crippen LogP contribution is 2.25. The molecular formula is C26H37N5OS. The molecule has 0 radical (unpaired) electrons. The number of unbranched alkanes of at least 4 members (excludes halogenated alkanes) is 3. The first-order valence-electron chi connectivity index (χ1n) is 12.1. The van der Waals surface area contributed by atoms with Gasteiger partial charge in [0.15, 0.2) is 0 Å². The summed E-state index contributed by atoms with van der Waals surface area (Å²) >= 11 is 1.89. The van der Waals surface area contributed by atoms with E-state index in [0.29, 0.717) is 0 Å². The molecule has 4 rings (SSSR count). The molecule has 2 N–H and O–H groups in total. The first-order valence-corrected chi connectivity index (χ1v) is 13.1. The molecule has 0 spiro atoms. The van der Waals surface area contributed by atoms with Crippen LogP contribution in [0.25, 0.3) is 11.0 Å². The number of rotatable bonds is 10. The Hall–Kier alpha value is -2.38. The molecule has 7 heteroatoms. The number of imidazole rings is 1. The lowest BCUT2D eigenvalue weighted by atomic mass is 10.1. The zero-order valence-corrected chi connectivity index (χ0v) is 21.0. The van der Waals surface area contributed by atoms with Gasteiger partial charge in [-0.2, -0.15) is 0 Å². The van der Waals surface area contributed by atoms with Gasteiger partial charge in [0.25, 0.3) is 0 Å². The fourth-order valence-corrected chi connectivity index (χ4v) is 5.55. The number of hydrogen-bond acceptors (Lipinski definition) is 5. The Labute approximate surface area is 201 Å². The van der Waals surface area contributed by atoms with Crippen LogP contribution >= 0.6 is 11.8 Å². The van der Waals surface area contributed by atoms with Gasteiger partial charge in [-0.15, -0.1) is 11.8 Å². The molecule has 0 aliphatic carbocycles. The van der Waals surface area contributed by atoms with E-state index in [1.807, 2.05) is 25.9 Å². The summed E-state index contributed by atoms with van der Waals surface area (Å²) in [6, 6.07) is 13.1. The van der Waals surface area contributed by atoms with Crippen LogP contribution in [0.1, 0.15) is 31.2 Å². The van der Waals surface area contributed by atoms with Gasteiger partial charge in [0.2, 0.25) is 0 Å². The van der Waals surface area contributed by atoms with Crippen LogP contribution in [-0.2, 0) is 14.1 Å². The topological polar surface area (TPSA) is 54.2 Å². The van der Waals surface area contributed by atoms with Gasteiger partial charge in [-0.3, -0.25) is 9.13 Å². The largest absolute Gasteiger partial charge is 0.385 e. The SMILES string of the molecule is Cc1cc(NCCCCCCSc2ccc3c(c2)n(C)c(=O)n3C)ccc1N1CCNCC1. The molecule has 0 atom stereocenters. The first-order chi connectivity index (χ1) is 16.0. The van der Waals surface area contributed by atoms with E-state index in [2.05, 4.69) is 58.9 Å². The van der Waals surface area contributed by atoms with Crippen LogP contribution < -0.4 is 21.2 Å². The molecule has 1 aliphatic rings. The van der Waals surface area contributed by atoms with Gasteiger partial charge in [0.05, 0.1) is 11.0 Å². The minimum Gasteiger partial charge on any atom is -0.385 e. The van der Waals surface area contributed by atoms with E-state index >= 15 is 0 Å². The maximum absolute atomic E-state index is 12.1. The quantitative estimate of drug-likeness (QED) is 0.343. The van der Waals surface area contributed by atoms with Crippen molar-refractivity contribution in [1.82, 2.24) is 14.5 Å². The fraction of sp³-hybridized carbons (Fsp3) is 0.500. The molecule has 0 saturated carbocycles. The van der Waals surface area contributed by atoms with Gasteiger partial charge < -0.3 is 15.5 Å². The molecule has 0 amide bonds. The van der Waals surface area contributed by atoms with E-state index in [1.54, 1.807) is 9.13 Å². The Kier molecular flexibility index (Phi) is 8.04. The van der Waals surface area contributed by atoms with Crippen molar-refractivity contribution in [3.05, 3.63) is 52.4 Å². The molecular weight excluding hydrogens is 430 g/mol. The van der Waals surface area contributed by atoms with Crippen molar-refractivity contribution in [2.24, 2.45) is 14.1 Å². The number of fused-ring (bicyclic) bond motifs is 1. The summed E-state index contributed by atoms with van der Waals surface area (Å²) in [5.74, 6) is 1.12. The average molecular weight is 468 g/mol. The van der Waals surface area contributed by atoms with Crippen molar-refractivity contribution in [3.8, 4) is 0 Å². The van der Waals surface area contributed by atoms with Crippen molar-refractivity contribution in [2.75, 3.05) is 48.7 Å². The molecule has 33 heavy (non-hydrogen) atoms. The van der Waals surface area contributed by atoms with Crippen molar-refractivity contribution >= 4 is 34.2 Å². The van der Waals surface area contributed by atoms with Gasteiger partial charge in [0, 0.05) is 63.1 Å². The first kappa shape index (κ1) is 23.8. The molecule has 0 bridgehead atoms. The third-order valence-electron chi connectivity index (χ3n) is 6.57. The van der Waals surface area contributed by atoms with Crippen LogP contribution in [0.2, 0.25) is 0 Å². The molecule has 2 aromatic carbocycles. The number of thioether (sulfide) groups is 1. The van der Waals surface area contributed by atoms with Gasteiger partial charge in [0.1, 0.15) is 0 Å². The second kappa shape index (κ2) is 11.2. The monoisotopic (exact) mass is 467 g/mol. The van der Waals surface area contributed by atoms with E-state index in [4.69, 9.17) is 0 Å². The van der Waals surface area contributed by atoms with E-state index in [1.165, 1.54) is 47.5 Å². The molecule has 2 heterocycles. The number of benzene rings is 2. The Morgan fingerprint density at radius 1 is 0.939 bits per heavy atom. The molecule has 1 aromatic heterocycles. The standard InChI is InChI=1S/C26H37N5OS/c1-20-18-21(8-10-23(20)31-15-13-27-14-16-31)28-12-6-4-5-7-17-33-22-9-11-24-25(19-22)30(3)26(32)29(24)2/h8-11,18-19,27-28H,4-7,12-17H2,1-3H3. The zero-order chi connectivity index (χ0) is 23.2. The Morgan fingerprint density at radius 3 is 2.48 bits per heavy atom. The molecule has 1 aliphatic heterocycles. The van der Waals surface area contributed by atoms with Crippen LogP contribution in [0.5, 0.6) is 0 Å². The fourth-order valence-electron chi connectivity index (χ4n) is 4.61. The second-order valence-electron chi connectivity index (χ2n) is 8.98. The maximum atomic E-state index is 12.1. The van der Waals surface area contributed by atoms with E-state index in [-0.39, 0.29) is 5.69 Å². The summed E-state index contributed by atoms with van der Waals surface area (Å²) in [5, 5.41) is 7.01. The van der Waals surface area contributed by atoms with Crippen molar-refractivity contribution in [1.29, 1.82) is 0 Å². The van der Waals surface area contributed by atoms with E-state index in [9.17, 15) is 4.79 Å². The smallest absolute Gasteiger partial charge is 0.328 e. The molecule has 3 aromatic rings. The van der Waals surface area contributed by atoms with Gasteiger partial charge in [-0.1, -0.05) is 12.8 Å². The minimum absolute atomic E-state index is 0.0337. The lowest BCUT2D eigenvalue weighted by Gasteiger charge is -2.31.